The van der Waals surface area contributed by atoms with Crippen LogP contribution in [0.2, 0.25) is 0 Å². The first-order chi connectivity index (χ1) is 7.52. The molecule has 5 nitrogen and oxygen atoms in total. The van der Waals surface area contributed by atoms with Gasteiger partial charge in [-0.2, -0.15) is 0 Å². The molecule has 0 aromatic rings. The number of methoxy groups -OCH3 is 1. The van der Waals surface area contributed by atoms with E-state index in [-0.39, 0.29) is 24.4 Å². The molecule has 0 aromatic carbocycles. The van der Waals surface area contributed by atoms with Crippen LogP contribution >= 0.6 is 0 Å². The number of rotatable bonds is 7. The van der Waals surface area contributed by atoms with Gasteiger partial charge in [-0.1, -0.05) is 6.92 Å². The largest absolute Gasteiger partial charge is 0.383 e. The maximum Gasteiger partial charge on any atom is 0.239 e. The standard InChI is InChI=1S/C11H22N2O3/c1-5-9(2)13(10(3)14)8-11(15)12-6-7-16-4/h9H,5-8H2,1-4H3,(H,12,15). The van der Waals surface area contributed by atoms with Crippen LogP contribution in [-0.2, 0) is 14.3 Å². The minimum Gasteiger partial charge on any atom is -0.383 e. The molecule has 0 aliphatic carbocycles. The van der Waals surface area contributed by atoms with Crippen molar-refractivity contribution in [3.63, 3.8) is 0 Å². The molecule has 16 heavy (non-hydrogen) atoms. The van der Waals surface area contributed by atoms with Crippen LogP contribution in [0.15, 0.2) is 0 Å². The zero-order valence-corrected chi connectivity index (χ0v) is 10.6. The second-order valence-corrected chi connectivity index (χ2v) is 3.75. The van der Waals surface area contributed by atoms with Crippen molar-refractivity contribution in [2.45, 2.75) is 33.2 Å². The molecule has 94 valence electrons. The third-order valence-electron chi connectivity index (χ3n) is 2.47. The molecule has 0 saturated carbocycles. The molecule has 0 fully saturated rings. The predicted molar refractivity (Wildman–Crippen MR) is 62.0 cm³/mol. The van der Waals surface area contributed by atoms with Gasteiger partial charge in [0.1, 0.15) is 0 Å². The molecule has 0 radical (unpaired) electrons. The highest BCUT2D eigenvalue weighted by Crippen LogP contribution is 2.03. The number of nitrogens with one attached hydrogen (secondary N) is 1. The molecule has 0 rings (SSSR count). The Hall–Kier alpha value is -1.10. The summed E-state index contributed by atoms with van der Waals surface area (Å²) in [5.41, 5.74) is 0. The SMILES string of the molecule is CCC(C)N(CC(=O)NCCOC)C(C)=O. The summed E-state index contributed by atoms with van der Waals surface area (Å²) in [6.45, 7) is 6.48. The van der Waals surface area contributed by atoms with E-state index in [2.05, 4.69) is 5.32 Å². The number of ether oxygens (including phenoxy) is 1. The summed E-state index contributed by atoms with van der Waals surface area (Å²) >= 11 is 0. The number of hydrogen-bond acceptors (Lipinski definition) is 3. The normalized spacial score (nSPS) is 12.0. The van der Waals surface area contributed by atoms with Crippen LogP contribution in [0.25, 0.3) is 0 Å². The van der Waals surface area contributed by atoms with E-state index in [9.17, 15) is 9.59 Å². The van der Waals surface area contributed by atoms with Crippen molar-refractivity contribution in [1.29, 1.82) is 0 Å². The molecule has 0 heterocycles. The zero-order valence-electron chi connectivity index (χ0n) is 10.6. The molecule has 1 unspecified atom stereocenters. The van der Waals surface area contributed by atoms with Crippen molar-refractivity contribution >= 4 is 11.8 Å². The number of carbonyl (C=O) groups excluding carboxylic acids is 2. The highest BCUT2D eigenvalue weighted by molar-refractivity contribution is 5.83. The molecular formula is C11H22N2O3. The minimum atomic E-state index is -0.146. The minimum absolute atomic E-state index is 0.0729. The second-order valence-electron chi connectivity index (χ2n) is 3.75. The second kappa shape index (κ2) is 8.10. The number of amides is 2. The first kappa shape index (κ1) is 14.9. The van der Waals surface area contributed by atoms with E-state index in [1.165, 1.54) is 6.92 Å². The molecule has 0 aliphatic rings. The van der Waals surface area contributed by atoms with E-state index in [4.69, 9.17) is 4.74 Å². The topological polar surface area (TPSA) is 58.6 Å². The van der Waals surface area contributed by atoms with Crippen LogP contribution in [0.1, 0.15) is 27.2 Å². The lowest BCUT2D eigenvalue weighted by Gasteiger charge is -2.26. The molecule has 0 bridgehead atoms. The van der Waals surface area contributed by atoms with Gasteiger partial charge in [-0.15, -0.1) is 0 Å². The van der Waals surface area contributed by atoms with Gasteiger partial charge >= 0.3 is 0 Å². The van der Waals surface area contributed by atoms with Crippen LogP contribution in [0.4, 0.5) is 0 Å². The average Bonchev–Trinajstić information content (AvgIpc) is 2.25. The molecule has 0 spiro atoms. The van der Waals surface area contributed by atoms with Crippen molar-refractivity contribution in [3.05, 3.63) is 0 Å². The molecule has 0 aromatic heterocycles. The van der Waals surface area contributed by atoms with E-state index >= 15 is 0 Å². The molecule has 0 aliphatic heterocycles. The smallest absolute Gasteiger partial charge is 0.239 e. The van der Waals surface area contributed by atoms with Crippen LogP contribution in [0.5, 0.6) is 0 Å². The molecule has 1 atom stereocenters. The lowest BCUT2D eigenvalue weighted by Crippen LogP contribution is -2.44. The van der Waals surface area contributed by atoms with Crippen molar-refractivity contribution < 1.29 is 14.3 Å². The maximum atomic E-state index is 11.5. The Morgan fingerprint density at radius 1 is 1.44 bits per heavy atom. The summed E-state index contributed by atoms with van der Waals surface area (Å²) < 4.78 is 4.82. The molecule has 0 saturated heterocycles. The van der Waals surface area contributed by atoms with Crippen molar-refractivity contribution in [2.75, 3.05) is 26.8 Å². The third kappa shape index (κ3) is 5.70. The number of nitrogens with zero attached hydrogens (tertiary/aromatic N) is 1. The van der Waals surface area contributed by atoms with E-state index in [1.807, 2.05) is 13.8 Å². The summed E-state index contributed by atoms with van der Waals surface area (Å²) in [4.78, 5) is 24.4. The summed E-state index contributed by atoms with van der Waals surface area (Å²) in [6, 6.07) is 0.0886. The van der Waals surface area contributed by atoms with Crippen LogP contribution in [0, 0.1) is 0 Å². The first-order valence-corrected chi connectivity index (χ1v) is 5.55. The fourth-order valence-corrected chi connectivity index (χ4v) is 1.30. The van der Waals surface area contributed by atoms with E-state index in [0.29, 0.717) is 13.2 Å². The molecule has 2 amide bonds. The molecule has 1 N–H and O–H groups in total. The first-order valence-electron chi connectivity index (χ1n) is 5.55. The van der Waals surface area contributed by atoms with Gasteiger partial charge in [0.2, 0.25) is 11.8 Å². The maximum absolute atomic E-state index is 11.5. The zero-order chi connectivity index (χ0) is 12.6. The van der Waals surface area contributed by atoms with Crippen LogP contribution in [0.3, 0.4) is 0 Å². The monoisotopic (exact) mass is 230 g/mol. The van der Waals surface area contributed by atoms with Crippen molar-refractivity contribution in [2.24, 2.45) is 0 Å². The van der Waals surface area contributed by atoms with Gasteiger partial charge in [0.15, 0.2) is 0 Å². The highest BCUT2D eigenvalue weighted by Gasteiger charge is 2.17. The lowest BCUT2D eigenvalue weighted by atomic mass is 10.2. The van der Waals surface area contributed by atoms with Crippen LogP contribution in [-0.4, -0.2) is 49.6 Å². The third-order valence-corrected chi connectivity index (χ3v) is 2.47. The Kier molecular flexibility index (Phi) is 7.54. The van der Waals surface area contributed by atoms with Crippen molar-refractivity contribution in [1.82, 2.24) is 10.2 Å². The van der Waals surface area contributed by atoms with Gasteiger partial charge in [0.05, 0.1) is 13.2 Å². The number of hydrogen-bond donors (Lipinski definition) is 1. The Balaban J connectivity index is 4.09. The average molecular weight is 230 g/mol. The van der Waals surface area contributed by atoms with Crippen LogP contribution < -0.4 is 5.32 Å². The van der Waals surface area contributed by atoms with Crippen molar-refractivity contribution in [3.8, 4) is 0 Å². The Labute approximate surface area is 97.1 Å². The van der Waals surface area contributed by atoms with Gasteiger partial charge < -0.3 is 15.0 Å². The number of carbonyl (C=O) groups is 2. The Morgan fingerprint density at radius 2 is 2.06 bits per heavy atom. The van der Waals surface area contributed by atoms with E-state index in [1.54, 1.807) is 12.0 Å². The van der Waals surface area contributed by atoms with Gasteiger partial charge in [0.25, 0.3) is 0 Å². The molecular weight excluding hydrogens is 208 g/mol. The fraction of sp³-hybridized carbons (Fsp3) is 0.818. The Bertz CT molecular complexity index is 231. The summed E-state index contributed by atoms with van der Waals surface area (Å²) in [5, 5.41) is 2.69. The summed E-state index contributed by atoms with van der Waals surface area (Å²) in [6.07, 6.45) is 0.838. The van der Waals surface area contributed by atoms with Gasteiger partial charge in [-0.05, 0) is 13.3 Å². The van der Waals surface area contributed by atoms with E-state index in [0.717, 1.165) is 6.42 Å². The molecule has 5 heteroatoms. The lowest BCUT2D eigenvalue weighted by molar-refractivity contribution is -0.136. The highest BCUT2D eigenvalue weighted by atomic mass is 16.5. The van der Waals surface area contributed by atoms with Gasteiger partial charge in [-0.25, -0.2) is 0 Å². The fourth-order valence-electron chi connectivity index (χ4n) is 1.30. The quantitative estimate of drug-likeness (QED) is 0.644. The Morgan fingerprint density at radius 3 is 2.50 bits per heavy atom. The summed E-state index contributed by atoms with van der Waals surface area (Å²) in [7, 11) is 1.58. The van der Waals surface area contributed by atoms with Gasteiger partial charge in [-0.3, -0.25) is 9.59 Å². The van der Waals surface area contributed by atoms with E-state index < -0.39 is 0 Å². The van der Waals surface area contributed by atoms with Gasteiger partial charge in [0, 0.05) is 26.6 Å². The predicted octanol–water partition coefficient (Wildman–Crippen LogP) is 0.396. The summed E-state index contributed by atoms with van der Waals surface area (Å²) in [5.74, 6) is -0.219.